The molecule has 3 aliphatic heterocycles. The second-order valence-electron chi connectivity index (χ2n) is 10.7. The van der Waals surface area contributed by atoms with Crippen LogP contribution in [0.1, 0.15) is 62.4 Å². The van der Waals surface area contributed by atoms with E-state index in [1.165, 1.54) is 0 Å². The summed E-state index contributed by atoms with van der Waals surface area (Å²) in [5.41, 5.74) is 0.143. The summed E-state index contributed by atoms with van der Waals surface area (Å²) in [5, 5.41) is 2.98. The van der Waals surface area contributed by atoms with E-state index in [9.17, 15) is 14.4 Å². The number of amides is 3. The first-order valence-corrected chi connectivity index (χ1v) is 12.3. The molecule has 2 atom stereocenters. The molecule has 0 unspecified atom stereocenters. The van der Waals surface area contributed by atoms with E-state index >= 15 is 0 Å². The maximum atomic E-state index is 13.8. The lowest BCUT2D eigenvalue weighted by Crippen LogP contribution is -2.60. The van der Waals surface area contributed by atoms with Crippen molar-refractivity contribution in [3.8, 4) is 0 Å². The number of ether oxygens (including phenoxy) is 2. The molecule has 0 aromatic heterocycles. The van der Waals surface area contributed by atoms with Crippen molar-refractivity contribution in [2.75, 3.05) is 32.8 Å². The van der Waals surface area contributed by atoms with E-state index in [0.29, 0.717) is 38.0 Å². The van der Waals surface area contributed by atoms with Crippen LogP contribution in [-0.4, -0.2) is 78.2 Å². The lowest BCUT2D eigenvalue weighted by molar-refractivity contribution is -0.150. The zero-order valence-electron chi connectivity index (χ0n) is 20.8. The van der Waals surface area contributed by atoms with E-state index < -0.39 is 17.2 Å². The van der Waals surface area contributed by atoms with Gasteiger partial charge in [0.2, 0.25) is 11.8 Å². The van der Waals surface area contributed by atoms with Crippen LogP contribution in [0.25, 0.3) is 0 Å². The molecular weight excluding hydrogens is 434 g/mol. The first-order valence-electron chi connectivity index (χ1n) is 12.3. The van der Waals surface area contributed by atoms with Crippen LogP contribution in [0.3, 0.4) is 0 Å². The Morgan fingerprint density at radius 2 is 1.91 bits per heavy atom. The van der Waals surface area contributed by atoms with E-state index in [2.05, 4.69) is 5.32 Å². The second kappa shape index (κ2) is 9.66. The second-order valence-corrected chi connectivity index (χ2v) is 10.7. The summed E-state index contributed by atoms with van der Waals surface area (Å²) in [6.45, 7) is 9.93. The number of rotatable bonds is 4. The summed E-state index contributed by atoms with van der Waals surface area (Å²) in [6, 6.07) is 6.69. The molecule has 3 saturated heterocycles. The van der Waals surface area contributed by atoms with Gasteiger partial charge in [-0.2, -0.15) is 0 Å². The van der Waals surface area contributed by atoms with E-state index in [0.717, 1.165) is 25.0 Å². The number of aryl methyl sites for hydroxylation is 1. The SMILES string of the molecule is Cc1cccc(C(=O)N2[C@H](C(=O)NC[C@@H]3CCCO3)COC23CCN(C(=O)C(C)(C)C)CC3)c1. The maximum absolute atomic E-state index is 13.8. The molecule has 3 amide bonds. The standard InChI is InChI=1S/C26H37N3O5/c1-18-7-5-8-19(15-18)23(31)29-21(22(30)27-16-20-9-6-14-33-20)17-34-26(29)10-12-28(13-11-26)24(32)25(2,3)4/h5,7-8,15,20-21H,6,9-14,16-17H2,1-4H3,(H,27,30)/t20-,21-/m0/s1. The number of benzene rings is 1. The fraction of sp³-hybridized carbons (Fsp3) is 0.654. The van der Waals surface area contributed by atoms with Crippen molar-refractivity contribution in [1.82, 2.24) is 15.1 Å². The van der Waals surface area contributed by atoms with Gasteiger partial charge in [0.15, 0.2) is 0 Å². The van der Waals surface area contributed by atoms with E-state index in [-0.39, 0.29) is 30.4 Å². The van der Waals surface area contributed by atoms with Crippen molar-refractivity contribution in [1.29, 1.82) is 0 Å². The summed E-state index contributed by atoms with van der Waals surface area (Å²) in [7, 11) is 0. The molecule has 0 bridgehead atoms. The molecule has 8 heteroatoms. The van der Waals surface area contributed by atoms with E-state index in [1.807, 2.05) is 50.8 Å². The van der Waals surface area contributed by atoms with Crippen LogP contribution < -0.4 is 5.32 Å². The summed E-state index contributed by atoms with van der Waals surface area (Å²) >= 11 is 0. The van der Waals surface area contributed by atoms with Gasteiger partial charge in [0.1, 0.15) is 11.8 Å². The van der Waals surface area contributed by atoms with Gasteiger partial charge >= 0.3 is 0 Å². The highest BCUT2D eigenvalue weighted by Crippen LogP contribution is 2.39. The summed E-state index contributed by atoms with van der Waals surface area (Å²) in [4.78, 5) is 43.3. The highest BCUT2D eigenvalue weighted by atomic mass is 16.5. The Labute approximate surface area is 201 Å². The molecule has 3 fully saturated rings. The van der Waals surface area contributed by atoms with Gasteiger partial charge in [-0.25, -0.2) is 0 Å². The molecular formula is C26H37N3O5. The Hall–Kier alpha value is -2.45. The molecule has 8 nitrogen and oxygen atoms in total. The lowest BCUT2D eigenvalue weighted by atomic mass is 9.91. The van der Waals surface area contributed by atoms with Crippen LogP contribution in [0.15, 0.2) is 24.3 Å². The van der Waals surface area contributed by atoms with Gasteiger partial charge in [-0.05, 0) is 31.9 Å². The zero-order chi connectivity index (χ0) is 24.5. The molecule has 1 N–H and O–H groups in total. The molecule has 3 heterocycles. The number of hydrogen-bond donors (Lipinski definition) is 1. The van der Waals surface area contributed by atoms with Gasteiger partial charge in [0, 0.05) is 50.1 Å². The molecule has 0 radical (unpaired) electrons. The fourth-order valence-electron chi connectivity index (χ4n) is 5.16. The quantitative estimate of drug-likeness (QED) is 0.729. The number of carbonyl (C=O) groups is 3. The summed E-state index contributed by atoms with van der Waals surface area (Å²) in [5.74, 6) is -0.349. The predicted molar refractivity (Wildman–Crippen MR) is 127 cm³/mol. The third kappa shape index (κ3) is 4.98. The normalized spacial score (nSPS) is 24.5. The first-order chi connectivity index (χ1) is 16.1. The Balaban J connectivity index is 1.55. The van der Waals surface area contributed by atoms with Gasteiger partial charge < -0.3 is 19.7 Å². The predicted octanol–water partition coefficient (Wildman–Crippen LogP) is 2.50. The van der Waals surface area contributed by atoms with Gasteiger partial charge in [-0.15, -0.1) is 0 Å². The monoisotopic (exact) mass is 471 g/mol. The number of carbonyl (C=O) groups excluding carboxylic acids is 3. The van der Waals surface area contributed by atoms with Crippen molar-refractivity contribution in [2.24, 2.45) is 5.41 Å². The van der Waals surface area contributed by atoms with Crippen molar-refractivity contribution < 1.29 is 23.9 Å². The Kier molecular flexibility index (Phi) is 7.01. The minimum Gasteiger partial charge on any atom is -0.376 e. The minimum absolute atomic E-state index is 0.0211. The average molecular weight is 472 g/mol. The fourth-order valence-corrected chi connectivity index (χ4v) is 5.16. The number of hydrogen-bond acceptors (Lipinski definition) is 5. The third-order valence-corrected chi connectivity index (χ3v) is 7.05. The van der Waals surface area contributed by atoms with Gasteiger partial charge in [-0.3, -0.25) is 19.3 Å². The van der Waals surface area contributed by atoms with Crippen molar-refractivity contribution in [2.45, 2.75) is 71.2 Å². The number of likely N-dealkylation sites (tertiary alicyclic amines) is 1. The van der Waals surface area contributed by atoms with Crippen LogP contribution in [-0.2, 0) is 19.1 Å². The van der Waals surface area contributed by atoms with Crippen molar-refractivity contribution in [3.05, 3.63) is 35.4 Å². The van der Waals surface area contributed by atoms with Crippen LogP contribution in [0, 0.1) is 12.3 Å². The van der Waals surface area contributed by atoms with Crippen LogP contribution in [0.4, 0.5) is 0 Å². The van der Waals surface area contributed by atoms with Gasteiger partial charge in [-0.1, -0.05) is 38.5 Å². The highest BCUT2D eigenvalue weighted by Gasteiger charge is 2.54. The first kappa shape index (κ1) is 24.7. The van der Waals surface area contributed by atoms with E-state index in [4.69, 9.17) is 9.47 Å². The van der Waals surface area contributed by atoms with Crippen LogP contribution in [0.5, 0.6) is 0 Å². The van der Waals surface area contributed by atoms with Crippen molar-refractivity contribution >= 4 is 17.7 Å². The summed E-state index contributed by atoms with van der Waals surface area (Å²) < 4.78 is 11.9. The lowest BCUT2D eigenvalue weighted by Gasteiger charge is -2.45. The molecule has 186 valence electrons. The van der Waals surface area contributed by atoms with Crippen LogP contribution in [0.2, 0.25) is 0 Å². The number of nitrogens with zero attached hydrogens (tertiary/aromatic N) is 2. The number of nitrogens with one attached hydrogen (secondary N) is 1. The maximum Gasteiger partial charge on any atom is 0.256 e. The molecule has 1 aromatic rings. The molecule has 0 saturated carbocycles. The Bertz CT molecular complexity index is 927. The summed E-state index contributed by atoms with van der Waals surface area (Å²) in [6.07, 6.45) is 2.89. The van der Waals surface area contributed by atoms with Crippen molar-refractivity contribution in [3.63, 3.8) is 0 Å². The molecule has 0 aliphatic carbocycles. The molecule has 4 rings (SSSR count). The van der Waals surface area contributed by atoms with Crippen LogP contribution >= 0.6 is 0 Å². The zero-order valence-corrected chi connectivity index (χ0v) is 20.8. The third-order valence-electron chi connectivity index (χ3n) is 7.05. The average Bonchev–Trinajstić information content (AvgIpc) is 3.45. The Morgan fingerprint density at radius 1 is 1.18 bits per heavy atom. The Morgan fingerprint density at radius 3 is 2.53 bits per heavy atom. The number of piperidine rings is 1. The van der Waals surface area contributed by atoms with Gasteiger partial charge in [0.05, 0.1) is 12.7 Å². The van der Waals surface area contributed by atoms with Gasteiger partial charge in [0.25, 0.3) is 5.91 Å². The topological polar surface area (TPSA) is 88.2 Å². The molecule has 1 aromatic carbocycles. The highest BCUT2D eigenvalue weighted by molar-refractivity contribution is 5.98. The largest absolute Gasteiger partial charge is 0.376 e. The van der Waals surface area contributed by atoms with E-state index in [1.54, 1.807) is 11.0 Å². The smallest absolute Gasteiger partial charge is 0.256 e. The molecule has 1 spiro atoms. The minimum atomic E-state index is -0.901. The molecule has 3 aliphatic rings. The molecule has 34 heavy (non-hydrogen) atoms.